The van der Waals surface area contributed by atoms with Crippen LogP contribution in [0.1, 0.15) is 22.7 Å². The number of hydrogen-bond donors (Lipinski definition) is 1. The Balaban J connectivity index is 1.61. The van der Waals surface area contributed by atoms with Gasteiger partial charge in [-0.05, 0) is 16.7 Å². The Morgan fingerprint density at radius 3 is 2.00 bits per heavy atom. The van der Waals surface area contributed by atoms with Gasteiger partial charge in [-0.15, -0.1) is 0 Å². The molecular weight excluding hydrogens is 428 g/mol. The van der Waals surface area contributed by atoms with E-state index in [0.29, 0.717) is 0 Å². The average molecular weight is 455 g/mol. The zero-order chi connectivity index (χ0) is 23.7. The number of amides is 2. The lowest BCUT2D eigenvalue weighted by atomic mass is 9.76. The van der Waals surface area contributed by atoms with Gasteiger partial charge in [-0.2, -0.15) is 0 Å². The number of esters is 1. The summed E-state index contributed by atoms with van der Waals surface area (Å²) in [6, 6.07) is 28.0. The van der Waals surface area contributed by atoms with Gasteiger partial charge >= 0.3 is 5.97 Å². The molecule has 0 spiro atoms. The number of methoxy groups -OCH3 is 1. The van der Waals surface area contributed by atoms with Crippen LogP contribution in [0, 0.1) is 11.8 Å². The van der Waals surface area contributed by atoms with Crippen molar-refractivity contribution < 1.29 is 19.1 Å². The van der Waals surface area contributed by atoms with Crippen LogP contribution in [0.5, 0.6) is 0 Å². The van der Waals surface area contributed by atoms with Crippen LogP contribution in [0.3, 0.4) is 0 Å². The zero-order valence-electron chi connectivity index (χ0n) is 18.9. The third kappa shape index (κ3) is 3.60. The van der Waals surface area contributed by atoms with Crippen LogP contribution in [-0.4, -0.2) is 35.3 Å². The summed E-state index contributed by atoms with van der Waals surface area (Å²) in [5.74, 6) is -2.72. The van der Waals surface area contributed by atoms with Crippen molar-refractivity contribution >= 4 is 17.8 Å². The van der Waals surface area contributed by atoms with E-state index in [0.717, 1.165) is 16.7 Å². The number of likely N-dealkylation sites (tertiary alicyclic amines) is 1. The molecular formula is C28H26N2O4. The van der Waals surface area contributed by atoms with Gasteiger partial charge in [-0.25, -0.2) is 0 Å². The SMILES string of the molecule is COC(=O)[C@@]1(Cc2ccccc2)N[C@H](c2ccccc2)[C@@H]2C(=O)N(Cc3ccccc3)C(=O)[C@@H]21. The maximum absolute atomic E-state index is 13.9. The first-order chi connectivity index (χ1) is 16.5. The minimum absolute atomic E-state index is 0.176. The Bertz CT molecular complexity index is 1200. The quantitative estimate of drug-likeness (QED) is 0.457. The van der Waals surface area contributed by atoms with E-state index in [1.165, 1.54) is 12.0 Å². The number of carbonyl (C=O) groups excluding carboxylic acids is 3. The van der Waals surface area contributed by atoms with Crippen molar-refractivity contribution in [1.29, 1.82) is 0 Å². The summed E-state index contributed by atoms with van der Waals surface area (Å²) in [6.07, 6.45) is 0.239. The van der Waals surface area contributed by atoms with Crippen molar-refractivity contribution in [2.24, 2.45) is 11.8 Å². The van der Waals surface area contributed by atoms with Crippen molar-refractivity contribution in [3.63, 3.8) is 0 Å². The Labute approximate surface area is 198 Å². The largest absolute Gasteiger partial charge is 0.468 e. The first-order valence-electron chi connectivity index (χ1n) is 11.4. The van der Waals surface area contributed by atoms with Gasteiger partial charge in [0.1, 0.15) is 5.54 Å². The predicted molar refractivity (Wildman–Crippen MR) is 126 cm³/mol. The maximum atomic E-state index is 13.9. The number of carbonyl (C=O) groups is 3. The molecule has 34 heavy (non-hydrogen) atoms. The Morgan fingerprint density at radius 2 is 1.41 bits per heavy atom. The van der Waals surface area contributed by atoms with Gasteiger partial charge in [0.25, 0.3) is 0 Å². The van der Waals surface area contributed by atoms with Gasteiger partial charge in [0.15, 0.2) is 0 Å². The molecule has 2 aliphatic heterocycles. The molecule has 4 atom stereocenters. The third-order valence-electron chi connectivity index (χ3n) is 6.96. The summed E-state index contributed by atoms with van der Waals surface area (Å²) in [5.41, 5.74) is 1.24. The van der Waals surface area contributed by atoms with E-state index in [2.05, 4.69) is 5.32 Å². The van der Waals surface area contributed by atoms with Crippen molar-refractivity contribution in [3.8, 4) is 0 Å². The number of fused-ring (bicyclic) bond motifs is 1. The molecule has 2 aliphatic rings. The fourth-order valence-corrected chi connectivity index (χ4v) is 5.45. The summed E-state index contributed by atoms with van der Waals surface area (Å²) in [7, 11) is 1.32. The van der Waals surface area contributed by atoms with Gasteiger partial charge in [-0.3, -0.25) is 24.6 Å². The molecule has 3 aromatic carbocycles. The summed E-state index contributed by atoms with van der Waals surface area (Å²) in [5, 5.41) is 3.42. The van der Waals surface area contributed by atoms with Crippen molar-refractivity contribution in [3.05, 3.63) is 108 Å². The molecule has 0 bridgehead atoms. The van der Waals surface area contributed by atoms with Gasteiger partial charge in [-0.1, -0.05) is 91.0 Å². The predicted octanol–water partition coefficient (Wildman–Crippen LogP) is 3.29. The van der Waals surface area contributed by atoms with E-state index in [9.17, 15) is 14.4 Å². The first kappa shape index (κ1) is 22.0. The van der Waals surface area contributed by atoms with Crippen LogP contribution >= 0.6 is 0 Å². The van der Waals surface area contributed by atoms with Crippen LogP contribution < -0.4 is 5.32 Å². The van der Waals surface area contributed by atoms with Crippen LogP contribution in [0.15, 0.2) is 91.0 Å². The molecule has 6 nitrogen and oxygen atoms in total. The molecule has 2 saturated heterocycles. The molecule has 172 valence electrons. The van der Waals surface area contributed by atoms with Crippen LogP contribution in [0.2, 0.25) is 0 Å². The summed E-state index contributed by atoms with van der Waals surface area (Å²) >= 11 is 0. The number of rotatable bonds is 6. The number of nitrogens with zero attached hydrogens (tertiary/aromatic N) is 1. The number of benzene rings is 3. The second kappa shape index (κ2) is 8.88. The van der Waals surface area contributed by atoms with Gasteiger partial charge in [0, 0.05) is 12.5 Å². The van der Waals surface area contributed by atoms with Gasteiger partial charge in [0.2, 0.25) is 11.8 Å². The maximum Gasteiger partial charge on any atom is 0.327 e. The standard InChI is InChI=1S/C28H26N2O4/c1-34-27(33)28(17-19-11-5-2-6-12-19)23-22(24(29-28)21-15-9-4-10-16-21)25(31)30(26(23)32)18-20-13-7-3-8-14-20/h2-16,22-24,29H,17-18H2,1H3/t22-,23-,24-,28+/m1/s1. The van der Waals surface area contributed by atoms with Crippen LogP contribution in [-0.2, 0) is 32.1 Å². The van der Waals surface area contributed by atoms with Crippen LogP contribution in [0.4, 0.5) is 0 Å². The highest BCUT2D eigenvalue weighted by atomic mass is 16.5. The fourth-order valence-electron chi connectivity index (χ4n) is 5.45. The molecule has 5 rings (SSSR count). The van der Waals surface area contributed by atoms with E-state index in [-0.39, 0.29) is 24.8 Å². The first-order valence-corrected chi connectivity index (χ1v) is 11.4. The molecule has 0 aliphatic carbocycles. The second-order valence-corrected chi connectivity index (χ2v) is 8.91. The second-order valence-electron chi connectivity index (χ2n) is 8.91. The van der Waals surface area contributed by atoms with Gasteiger partial charge in [0.05, 0.1) is 25.5 Å². The van der Waals surface area contributed by atoms with E-state index < -0.39 is 29.4 Å². The normalized spacial score (nSPS) is 25.9. The minimum Gasteiger partial charge on any atom is -0.468 e. The van der Waals surface area contributed by atoms with Gasteiger partial charge < -0.3 is 4.74 Å². The number of ether oxygens (including phenoxy) is 1. The number of nitrogens with one attached hydrogen (secondary N) is 1. The lowest BCUT2D eigenvalue weighted by molar-refractivity contribution is -0.154. The van der Waals surface area contributed by atoms with Crippen LogP contribution in [0.25, 0.3) is 0 Å². The molecule has 2 heterocycles. The minimum atomic E-state index is -1.36. The van der Waals surface area contributed by atoms with Crippen molar-refractivity contribution in [2.45, 2.75) is 24.5 Å². The lowest BCUT2D eigenvalue weighted by Crippen LogP contribution is -2.57. The monoisotopic (exact) mass is 454 g/mol. The molecule has 1 N–H and O–H groups in total. The molecule has 3 aromatic rings. The molecule has 2 fully saturated rings. The van der Waals surface area contributed by atoms with E-state index in [4.69, 9.17) is 4.74 Å². The zero-order valence-corrected chi connectivity index (χ0v) is 18.9. The van der Waals surface area contributed by atoms with Crippen molar-refractivity contribution in [1.82, 2.24) is 10.2 Å². The lowest BCUT2D eigenvalue weighted by Gasteiger charge is -2.32. The average Bonchev–Trinajstić information content (AvgIpc) is 3.35. The smallest absolute Gasteiger partial charge is 0.327 e. The van der Waals surface area contributed by atoms with E-state index in [1.807, 2.05) is 91.0 Å². The number of hydrogen-bond acceptors (Lipinski definition) is 5. The Kier molecular flexibility index (Phi) is 5.75. The fraction of sp³-hybridized carbons (Fsp3) is 0.250. The topological polar surface area (TPSA) is 75.7 Å². The number of imide groups is 1. The van der Waals surface area contributed by atoms with Crippen molar-refractivity contribution in [2.75, 3.05) is 7.11 Å². The highest BCUT2D eigenvalue weighted by Crippen LogP contribution is 2.50. The summed E-state index contributed by atoms with van der Waals surface area (Å²) in [4.78, 5) is 42.3. The molecule has 0 radical (unpaired) electrons. The highest BCUT2D eigenvalue weighted by Gasteiger charge is 2.68. The van der Waals surface area contributed by atoms with E-state index >= 15 is 0 Å². The molecule has 0 saturated carbocycles. The molecule has 0 aromatic heterocycles. The highest BCUT2D eigenvalue weighted by molar-refractivity contribution is 6.09. The Hall–Kier alpha value is -3.77. The molecule has 0 unspecified atom stereocenters. The van der Waals surface area contributed by atoms with E-state index in [1.54, 1.807) is 0 Å². The summed E-state index contributed by atoms with van der Waals surface area (Å²) < 4.78 is 5.26. The molecule has 6 heteroatoms. The summed E-state index contributed by atoms with van der Waals surface area (Å²) in [6.45, 7) is 0.176. The molecule has 2 amide bonds. The Morgan fingerprint density at radius 1 is 0.853 bits per heavy atom. The third-order valence-corrected chi connectivity index (χ3v) is 6.96.